The first kappa shape index (κ1) is 17.2. The van der Waals surface area contributed by atoms with Gasteiger partial charge < -0.3 is 10.2 Å². The van der Waals surface area contributed by atoms with Crippen LogP contribution < -0.4 is 5.32 Å². The third-order valence-electron chi connectivity index (χ3n) is 3.42. The highest BCUT2D eigenvalue weighted by molar-refractivity contribution is 5.94. The largest absolute Gasteiger partial charge is 0.325 e. The molecule has 21 heavy (non-hydrogen) atoms. The van der Waals surface area contributed by atoms with Gasteiger partial charge in [0.15, 0.2) is 0 Å². The zero-order chi connectivity index (χ0) is 15.8. The van der Waals surface area contributed by atoms with E-state index < -0.39 is 0 Å². The van der Waals surface area contributed by atoms with E-state index in [4.69, 9.17) is 5.26 Å². The van der Waals surface area contributed by atoms with Crippen LogP contribution in [-0.2, 0) is 4.79 Å². The standard InChI is InChI=1S/C16H24N4O/c1-13(20(4)10-6-9-19(2)3)16(21)18-15-8-5-7-14(11-15)12-17/h5,7-8,11,13H,6,9-10H2,1-4H3,(H,18,21). The monoisotopic (exact) mass is 288 g/mol. The Hall–Kier alpha value is -1.90. The van der Waals surface area contributed by atoms with Gasteiger partial charge in [0, 0.05) is 5.69 Å². The molecule has 1 atom stereocenters. The summed E-state index contributed by atoms with van der Waals surface area (Å²) in [7, 11) is 6.03. The highest BCUT2D eigenvalue weighted by Crippen LogP contribution is 2.11. The van der Waals surface area contributed by atoms with Crippen LogP contribution in [-0.4, -0.2) is 56.0 Å². The van der Waals surface area contributed by atoms with Crippen LogP contribution in [0.3, 0.4) is 0 Å². The second-order valence-corrected chi connectivity index (χ2v) is 5.50. The lowest BCUT2D eigenvalue weighted by Gasteiger charge is -2.24. The van der Waals surface area contributed by atoms with Gasteiger partial charge in [0.1, 0.15) is 0 Å². The van der Waals surface area contributed by atoms with Gasteiger partial charge in [0.05, 0.1) is 17.7 Å². The Morgan fingerprint density at radius 3 is 2.67 bits per heavy atom. The molecule has 0 spiro atoms. The lowest BCUT2D eigenvalue weighted by atomic mass is 10.2. The van der Waals surface area contributed by atoms with Gasteiger partial charge >= 0.3 is 0 Å². The van der Waals surface area contributed by atoms with Gasteiger partial charge in [-0.3, -0.25) is 9.69 Å². The topological polar surface area (TPSA) is 59.4 Å². The zero-order valence-corrected chi connectivity index (χ0v) is 13.3. The Morgan fingerprint density at radius 2 is 2.05 bits per heavy atom. The molecule has 0 heterocycles. The number of amides is 1. The molecule has 0 saturated heterocycles. The van der Waals surface area contributed by atoms with Crippen molar-refractivity contribution in [1.29, 1.82) is 5.26 Å². The first-order valence-electron chi connectivity index (χ1n) is 7.10. The van der Waals surface area contributed by atoms with E-state index in [-0.39, 0.29) is 11.9 Å². The zero-order valence-electron chi connectivity index (χ0n) is 13.3. The van der Waals surface area contributed by atoms with E-state index in [1.54, 1.807) is 24.3 Å². The number of hydrogen-bond donors (Lipinski definition) is 1. The fraction of sp³-hybridized carbons (Fsp3) is 0.500. The summed E-state index contributed by atoms with van der Waals surface area (Å²) in [4.78, 5) is 16.4. The number of anilines is 1. The number of nitrogens with zero attached hydrogens (tertiary/aromatic N) is 3. The van der Waals surface area contributed by atoms with E-state index in [2.05, 4.69) is 16.3 Å². The van der Waals surface area contributed by atoms with Gasteiger partial charge in [-0.1, -0.05) is 6.07 Å². The summed E-state index contributed by atoms with van der Waals surface area (Å²) in [5, 5.41) is 11.7. The molecule has 1 rings (SSSR count). The van der Waals surface area contributed by atoms with Crippen molar-refractivity contribution in [2.75, 3.05) is 39.5 Å². The molecule has 1 amide bonds. The third kappa shape index (κ3) is 5.94. The fourth-order valence-corrected chi connectivity index (χ4v) is 1.94. The van der Waals surface area contributed by atoms with E-state index in [1.807, 2.05) is 33.0 Å². The maximum Gasteiger partial charge on any atom is 0.241 e. The van der Waals surface area contributed by atoms with Gasteiger partial charge in [0.2, 0.25) is 5.91 Å². The summed E-state index contributed by atoms with van der Waals surface area (Å²) < 4.78 is 0. The van der Waals surface area contributed by atoms with Crippen LogP contribution in [0.25, 0.3) is 0 Å². The average Bonchev–Trinajstić information content (AvgIpc) is 2.46. The van der Waals surface area contributed by atoms with Crippen LogP contribution in [0.15, 0.2) is 24.3 Å². The number of benzene rings is 1. The minimum atomic E-state index is -0.210. The number of nitriles is 1. The molecule has 5 nitrogen and oxygen atoms in total. The molecule has 1 aromatic carbocycles. The molecule has 0 saturated carbocycles. The van der Waals surface area contributed by atoms with E-state index >= 15 is 0 Å². The smallest absolute Gasteiger partial charge is 0.241 e. The Kier molecular flexibility index (Phi) is 6.86. The summed E-state index contributed by atoms with van der Waals surface area (Å²) >= 11 is 0. The third-order valence-corrected chi connectivity index (χ3v) is 3.42. The van der Waals surface area contributed by atoms with Crippen molar-refractivity contribution in [3.8, 4) is 6.07 Å². The maximum absolute atomic E-state index is 12.2. The molecular formula is C16H24N4O. The summed E-state index contributed by atoms with van der Waals surface area (Å²) in [5.41, 5.74) is 1.20. The normalized spacial score (nSPS) is 12.2. The van der Waals surface area contributed by atoms with Crippen LogP contribution in [0, 0.1) is 11.3 Å². The van der Waals surface area contributed by atoms with Gasteiger partial charge in [-0.2, -0.15) is 5.26 Å². The van der Waals surface area contributed by atoms with Crippen molar-refractivity contribution in [2.45, 2.75) is 19.4 Å². The summed E-state index contributed by atoms with van der Waals surface area (Å²) in [6.07, 6.45) is 1.02. The Morgan fingerprint density at radius 1 is 1.33 bits per heavy atom. The molecule has 0 aliphatic rings. The fourth-order valence-electron chi connectivity index (χ4n) is 1.94. The lowest BCUT2D eigenvalue weighted by molar-refractivity contribution is -0.120. The van der Waals surface area contributed by atoms with Gasteiger partial charge in [-0.15, -0.1) is 0 Å². The SMILES string of the molecule is CC(C(=O)Nc1cccc(C#N)c1)N(C)CCCN(C)C. The molecule has 5 heteroatoms. The summed E-state index contributed by atoms with van der Waals surface area (Å²) in [6, 6.07) is 8.80. The molecular weight excluding hydrogens is 264 g/mol. The number of carbonyl (C=O) groups excluding carboxylic acids is 1. The van der Waals surface area contributed by atoms with Crippen molar-refractivity contribution in [3.05, 3.63) is 29.8 Å². The average molecular weight is 288 g/mol. The minimum Gasteiger partial charge on any atom is -0.325 e. The van der Waals surface area contributed by atoms with Crippen molar-refractivity contribution in [3.63, 3.8) is 0 Å². The van der Waals surface area contributed by atoms with E-state index in [0.717, 1.165) is 19.5 Å². The molecule has 1 unspecified atom stereocenters. The van der Waals surface area contributed by atoms with Crippen molar-refractivity contribution in [1.82, 2.24) is 9.80 Å². The molecule has 1 N–H and O–H groups in total. The molecule has 0 fully saturated rings. The van der Waals surface area contributed by atoms with Crippen LogP contribution in [0.2, 0.25) is 0 Å². The predicted octanol–water partition coefficient (Wildman–Crippen LogP) is 1.77. The van der Waals surface area contributed by atoms with Gasteiger partial charge in [-0.25, -0.2) is 0 Å². The second kappa shape index (κ2) is 8.40. The minimum absolute atomic E-state index is 0.0579. The molecule has 1 aromatic rings. The molecule has 0 radical (unpaired) electrons. The quantitative estimate of drug-likeness (QED) is 0.830. The number of rotatable bonds is 7. The highest BCUT2D eigenvalue weighted by atomic mass is 16.2. The molecule has 0 aliphatic heterocycles. The number of hydrogen-bond acceptors (Lipinski definition) is 4. The molecule has 0 aromatic heterocycles. The van der Waals surface area contributed by atoms with Crippen molar-refractivity contribution < 1.29 is 4.79 Å². The first-order valence-corrected chi connectivity index (χ1v) is 7.10. The van der Waals surface area contributed by atoms with Crippen molar-refractivity contribution >= 4 is 11.6 Å². The number of nitrogens with one attached hydrogen (secondary N) is 1. The second-order valence-electron chi connectivity index (χ2n) is 5.50. The van der Waals surface area contributed by atoms with Crippen LogP contribution >= 0.6 is 0 Å². The van der Waals surface area contributed by atoms with E-state index in [0.29, 0.717) is 11.3 Å². The lowest BCUT2D eigenvalue weighted by Crippen LogP contribution is -2.40. The Bertz CT molecular complexity index is 507. The Balaban J connectivity index is 2.51. The number of likely N-dealkylation sites (N-methyl/N-ethyl adjacent to an activating group) is 1. The molecule has 114 valence electrons. The first-order chi connectivity index (χ1) is 9.93. The predicted molar refractivity (Wildman–Crippen MR) is 85.0 cm³/mol. The van der Waals surface area contributed by atoms with Gasteiger partial charge in [0.25, 0.3) is 0 Å². The highest BCUT2D eigenvalue weighted by Gasteiger charge is 2.17. The van der Waals surface area contributed by atoms with Crippen LogP contribution in [0.1, 0.15) is 18.9 Å². The molecule has 0 bridgehead atoms. The molecule has 0 aliphatic carbocycles. The summed E-state index contributed by atoms with van der Waals surface area (Å²) in [6.45, 7) is 3.76. The van der Waals surface area contributed by atoms with Crippen LogP contribution in [0.4, 0.5) is 5.69 Å². The van der Waals surface area contributed by atoms with E-state index in [1.165, 1.54) is 0 Å². The van der Waals surface area contributed by atoms with Crippen LogP contribution in [0.5, 0.6) is 0 Å². The Labute approximate surface area is 127 Å². The number of carbonyl (C=O) groups is 1. The maximum atomic E-state index is 12.2. The summed E-state index contributed by atoms with van der Waals surface area (Å²) in [5.74, 6) is -0.0579. The van der Waals surface area contributed by atoms with Gasteiger partial charge in [-0.05, 0) is 65.8 Å². The van der Waals surface area contributed by atoms with Crippen molar-refractivity contribution in [2.24, 2.45) is 0 Å². The van der Waals surface area contributed by atoms with E-state index in [9.17, 15) is 4.79 Å².